The lowest BCUT2D eigenvalue weighted by Gasteiger charge is -2.26. The van der Waals surface area contributed by atoms with Gasteiger partial charge in [-0.3, -0.25) is 9.59 Å². The molecule has 2 atom stereocenters. The predicted octanol–water partition coefficient (Wildman–Crippen LogP) is 1.42. The topological polar surface area (TPSA) is 112 Å². The van der Waals surface area contributed by atoms with Gasteiger partial charge in [0.1, 0.15) is 0 Å². The number of carbonyl (C=O) groups is 2. The second kappa shape index (κ2) is 5.93. The second-order valence-electron chi connectivity index (χ2n) is 5.40. The zero-order chi connectivity index (χ0) is 18.4. The molecule has 0 aromatic carbocycles. The Morgan fingerprint density at radius 3 is 2.42 bits per heavy atom. The van der Waals surface area contributed by atoms with Gasteiger partial charge in [0.15, 0.2) is 11.5 Å². The summed E-state index contributed by atoms with van der Waals surface area (Å²) in [6.45, 7) is 2.57. The summed E-state index contributed by atoms with van der Waals surface area (Å²) in [5.74, 6) is -3.53. The number of carbonyl (C=O) groups excluding carboxylic acids is 2. The van der Waals surface area contributed by atoms with Crippen LogP contribution >= 0.6 is 12.2 Å². The van der Waals surface area contributed by atoms with Crippen LogP contribution < -0.4 is 11.5 Å². The fraction of sp³-hybridized carbons (Fsp3) is 0.357. The number of rotatable bonds is 2. The summed E-state index contributed by atoms with van der Waals surface area (Å²) in [4.78, 5) is 24.2. The van der Waals surface area contributed by atoms with Crippen molar-refractivity contribution < 1.29 is 22.8 Å². The molecule has 1 aliphatic rings. The highest BCUT2D eigenvalue weighted by Gasteiger charge is 2.41. The fourth-order valence-electron chi connectivity index (χ4n) is 2.52. The molecule has 4 N–H and O–H groups in total. The minimum Gasteiger partial charge on any atom is -0.401 e. The van der Waals surface area contributed by atoms with Crippen LogP contribution in [-0.2, 0) is 11.0 Å². The van der Waals surface area contributed by atoms with E-state index in [-0.39, 0.29) is 16.3 Å². The minimum atomic E-state index is -4.81. The van der Waals surface area contributed by atoms with Gasteiger partial charge in [0.2, 0.25) is 0 Å². The molecule has 0 saturated carbocycles. The quantitative estimate of drug-likeness (QED) is 0.773. The van der Waals surface area contributed by atoms with Crippen LogP contribution in [-0.4, -0.2) is 26.8 Å². The van der Waals surface area contributed by atoms with Gasteiger partial charge in [0.05, 0.1) is 23.1 Å². The number of thiocarbonyl (C=S) groups is 1. The molecule has 1 amide bonds. The molecule has 0 radical (unpaired) electrons. The number of allylic oxidation sites excluding steroid dienone is 2. The fourth-order valence-corrected chi connectivity index (χ4v) is 2.88. The van der Waals surface area contributed by atoms with E-state index in [1.54, 1.807) is 0 Å². The molecular weight excluding hydrogens is 345 g/mol. The van der Waals surface area contributed by atoms with Crippen molar-refractivity contribution in [3.05, 3.63) is 34.3 Å². The van der Waals surface area contributed by atoms with Gasteiger partial charge >= 0.3 is 6.18 Å². The molecule has 2 unspecified atom stereocenters. The van der Waals surface area contributed by atoms with E-state index < -0.39 is 46.5 Å². The first-order valence-electron chi connectivity index (χ1n) is 6.75. The van der Waals surface area contributed by atoms with Crippen molar-refractivity contribution >= 4 is 28.8 Å². The highest BCUT2D eigenvalue weighted by molar-refractivity contribution is 7.81. The minimum absolute atomic E-state index is 0.0477. The normalized spacial score (nSPS) is 21.6. The molecule has 2 rings (SSSR count). The predicted molar refractivity (Wildman–Crippen MR) is 82.1 cm³/mol. The van der Waals surface area contributed by atoms with Crippen LogP contribution in [0.3, 0.4) is 0 Å². The number of amides is 1. The number of Topliss-reactive ketones (excluding diaryl/α,β-unsaturated/α-hetero) is 1. The van der Waals surface area contributed by atoms with E-state index in [1.807, 2.05) is 0 Å². The van der Waals surface area contributed by atoms with Gasteiger partial charge in [-0.1, -0.05) is 12.2 Å². The molecule has 128 valence electrons. The number of ketones is 1. The number of hydrogen-bond acceptors (Lipinski definition) is 6. The first-order chi connectivity index (χ1) is 11.0. The van der Waals surface area contributed by atoms with Crippen LogP contribution in [0.1, 0.15) is 40.2 Å². The van der Waals surface area contributed by atoms with Crippen molar-refractivity contribution in [1.82, 2.24) is 10.2 Å². The molecule has 0 aliphatic heterocycles. The number of halogens is 3. The lowest BCUT2D eigenvalue weighted by Crippen LogP contribution is -2.36. The molecule has 0 bridgehead atoms. The van der Waals surface area contributed by atoms with Gasteiger partial charge in [-0.2, -0.15) is 18.3 Å². The Labute approximate surface area is 140 Å². The molecule has 1 aliphatic carbocycles. The highest BCUT2D eigenvalue weighted by Crippen LogP contribution is 2.35. The third-order valence-electron chi connectivity index (χ3n) is 3.84. The number of alkyl halides is 3. The average molecular weight is 358 g/mol. The maximum Gasteiger partial charge on any atom is 0.435 e. The maximum absolute atomic E-state index is 13.0. The van der Waals surface area contributed by atoms with Crippen LogP contribution in [0.2, 0.25) is 0 Å². The van der Waals surface area contributed by atoms with Crippen molar-refractivity contribution in [2.24, 2.45) is 17.4 Å². The lowest BCUT2D eigenvalue weighted by atomic mass is 9.80. The van der Waals surface area contributed by atoms with Crippen LogP contribution in [0.15, 0.2) is 11.8 Å². The second-order valence-corrected chi connectivity index (χ2v) is 5.87. The SMILES string of the molecule is Cc1c(C(F)(F)F)nnc(C2C(=O)C(C)C(N)=CC2=S)c1C(N)=O. The average Bonchev–Trinajstić information content (AvgIpc) is 2.43. The highest BCUT2D eigenvalue weighted by atomic mass is 32.1. The Kier molecular flexibility index (Phi) is 4.44. The molecule has 0 spiro atoms. The van der Waals surface area contributed by atoms with Gasteiger partial charge in [-0.25, -0.2) is 0 Å². The van der Waals surface area contributed by atoms with Gasteiger partial charge < -0.3 is 11.5 Å². The Hall–Kier alpha value is -2.36. The number of aromatic nitrogens is 2. The zero-order valence-corrected chi connectivity index (χ0v) is 13.5. The van der Waals surface area contributed by atoms with Crippen molar-refractivity contribution in [1.29, 1.82) is 0 Å². The van der Waals surface area contributed by atoms with Gasteiger partial charge in [0, 0.05) is 10.6 Å². The Morgan fingerprint density at radius 2 is 1.92 bits per heavy atom. The van der Waals surface area contributed by atoms with Crippen LogP contribution in [0, 0.1) is 12.8 Å². The first kappa shape index (κ1) is 18.0. The van der Waals surface area contributed by atoms with Gasteiger partial charge in [0.25, 0.3) is 5.91 Å². The molecule has 1 aromatic rings. The molecule has 0 fully saturated rings. The van der Waals surface area contributed by atoms with E-state index in [0.29, 0.717) is 0 Å². The number of hydrogen-bond donors (Lipinski definition) is 2. The molecular formula is C14H13F3N4O2S. The zero-order valence-electron chi connectivity index (χ0n) is 12.6. The first-order valence-corrected chi connectivity index (χ1v) is 7.16. The van der Waals surface area contributed by atoms with E-state index in [9.17, 15) is 22.8 Å². The van der Waals surface area contributed by atoms with Crippen molar-refractivity contribution in [3.63, 3.8) is 0 Å². The summed E-state index contributed by atoms with van der Waals surface area (Å²) in [7, 11) is 0. The van der Waals surface area contributed by atoms with E-state index in [0.717, 1.165) is 6.92 Å². The summed E-state index contributed by atoms with van der Waals surface area (Å²) < 4.78 is 38.9. The van der Waals surface area contributed by atoms with Gasteiger partial charge in [-0.15, -0.1) is 5.10 Å². The number of nitrogens with two attached hydrogens (primary N) is 2. The molecule has 1 aromatic heterocycles. The Balaban J connectivity index is 2.72. The molecule has 6 nitrogen and oxygen atoms in total. The standard InChI is InChI=1S/C14H13F3N4O2S/c1-4-6(18)3-7(24)9(11(4)22)10-8(13(19)23)5(2)12(21-20-10)14(15,16)17/h3-4,9H,18H2,1-2H3,(H2,19,23). The molecule has 1 heterocycles. The Bertz CT molecular complexity index is 789. The van der Waals surface area contributed by atoms with Crippen molar-refractivity contribution in [3.8, 4) is 0 Å². The van der Waals surface area contributed by atoms with E-state index in [1.165, 1.54) is 13.0 Å². The largest absolute Gasteiger partial charge is 0.435 e. The third kappa shape index (κ3) is 2.88. The summed E-state index contributed by atoms with van der Waals surface area (Å²) in [5.41, 5.74) is 8.53. The summed E-state index contributed by atoms with van der Waals surface area (Å²) in [6.07, 6.45) is -3.44. The summed E-state index contributed by atoms with van der Waals surface area (Å²) in [5, 5.41) is 6.60. The van der Waals surface area contributed by atoms with Gasteiger partial charge in [-0.05, 0) is 25.5 Å². The van der Waals surface area contributed by atoms with Crippen LogP contribution in [0.25, 0.3) is 0 Å². The van der Waals surface area contributed by atoms with Crippen molar-refractivity contribution in [2.75, 3.05) is 0 Å². The molecule has 10 heteroatoms. The monoisotopic (exact) mass is 358 g/mol. The van der Waals surface area contributed by atoms with E-state index in [4.69, 9.17) is 23.7 Å². The van der Waals surface area contributed by atoms with Crippen LogP contribution in [0.4, 0.5) is 13.2 Å². The number of nitrogens with zero attached hydrogens (tertiary/aromatic N) is 2. The molecule has 0 saturated heterocycles. The van der Waals surface area contributed by atoms with E-state index >= 15 is 0 Å². The summed E-state index contributed by atoms with van der Waals surface area (Å²) in [6, 6.07) is 0. The lowest BCUT2D eigenvalue weighted by molar-refractivity contribution is -0.142. The smallest absolute Gasteiger partial charge is 0.401 e. The Morgan fingerprint density at radius 1 is 1.33 bits per heavy atom. The maximum atomic E-state index is 13.0. The van der Waals surface area contributed by atoms with Crippen LogP contribution in [0.5, 0.6) is 0 Å². The van der Waals surface area contributed by atoms with Crippen molar-refractivity contribution in [2.45, 2.75) is 25.9 Å². The molecule has 24 heavy (non-hydrogen) atoms. The summed E-state index contributed by atoms with van der Waals surface area (Å²) >= 11 is 5.09. The van der Waals surface area contributed by atoms with E-state index in [2.05, 4.69) is 10.2 Å². The third-order valence-corrected chi connectivity index (χ3v) is 4.19. The number of primary amides is 1.